The lowest BCUT2D eigenvalue weighted by molar-refractivity contribution is 0.330. The number of nitrogens with one attached hydrogen (secondary N) is 1. The summed E-state index contributed by atoms with van der Waals surface area (Å²) in [6.45, 7) is 0. The molecule has 0 spiro atoms. The van der Waals surface area contributed by atoms with E-state index in [1.165, 1.54) is 0 Å². The number of hydrogen-bond donors (Lipinski definition) is 6. The van der Waals surface area contributed by atoms with Gasteiger partial charge in [-0.25, -0.2) is 0 Å². The SMILES string of the molecule is Oc1c(O)c(O)c(Nc2ccc(-c3ccc4ccccc4c3)cc2)c(O)c1O. The molecule has 0 atom stereocenters. The molecule has 4 aromatic carbocycles. The molecule has 140 valence electrons. The van der Waals surface area contributed by atoms with E-state index in [0.29, 0.717) is 5.69 Å². The standard InChI is InChI=1S/C22H17NO5/c24-18-17(19(25)21(27)22(28)20(18)26)23-16-9-7-13(8-10-16)15-6-5-12-3-1-2-4-14(12)11-15/h1-11,23-28H. The number of aromatic hydroxyl groups is 5. The normalized spacial score (nSPS) is 10.9. The van der Waals surface area contributed by atoms with Crippen LogP contribution in [0.2, 0.25) is 0 Å². The van der Waals surface area contributed by atoms with Gasteiger partial charge in [0.2, 0.25) is 17.2 Å². The summed E-state index contributed by atoms with van der Waals surface area (Å²) in [5, 5.41) is 53.6. The number of hydrogen-bond acceptors (Lipinski definition) is 6. The Morgan fingerprint density at radius 1 is 0.500 bits per heavy atom. The monoisotopic (exact) mass is 375 g/mol. The van der Waals surface area contributed by atoms with Gasteiger partial charge in [0.1, 0.15) is 5.69 Å². The third-order valence-corrected chi connectivity index (χ3v) is 4.61. The average Bonchev–Trinajstić information content (AvgIpc) is 2.74. The molecule has 4 rings (SSSR count). The summed E-state index contributed by atoms with van der Waals surface area (Å²) in [7, 11) is 0. The molecule has 0 aliphatic heterocycles. The van der Waals surface area contributed by atoms with Gasteiger partial charge in [0.05, 0.1) is 0 Å². The van der Waals surface area contributed by atoms with Crippen LogP contribution < -0.4 is 5.32 Å². The van der Waals surface area contributed by atoms with E-state index >= 15 is 0 Å². The minimum Gasteiger partial charge on any atom is -0.503 e. The van der Waals surface area contributed by atoms with Gasteiger partial charge in [0.15, 0.2) is 11.5 Å². The molecule has 28 heavy (non-hydrogen) atoms. The number of anilines is 2. The van der Waals surface area contributed by atoms with E-state index in [-0.39, 0.29) is 5.69 Å². The molecule has 0 saturated carbocycles. The van der Waals surface area contributed by atoms with Crippen LogP contribution in [0.25, 0.3) is 21.9 Å². The molecule has 0 saturated heterocycles. The van der Waals surface area contributed by atoms with Crippen LogP contribution in [-0.2, 0) is 0 Å². The van der Waals surface area contributed by atoms with E-state index in [2.05, 4.69) is 17.4 Å². The Bertz CT molecular complexity index is 1160. The van der Waals surface area contributed by atoms with Crippen molar-refractivity contribution in [2.75, 3.05) is 5.32 Å². The van der Waals surface area contributed by atoms with Crippen LogP contribution in [0.1, 0.15) is 0 Å². The van der Waals surface area contributed by atoms with Crippen LogP contribution in [0.3, 0.4) is 0 Å². The van der Waals surface area contributed by atoms with Crippen LogP contribution in [0.5, 0.6) is 28.7 Å². The van der Waals surface area contributed by atoms with Gasteiger partial charge in [0, 0.05) is 5.69 Å². The van der Waals surface area contributed by atoms with Crippen LogP contribution in [0, 0.1) is 0 Å². The van der Waals surface area contributed by atoms with Crippen LogP contribution >= 0.6 is 0 Å². The highest BCUT2D eigenvalue weighted by Gasteiger charge is 2.23. The predicted molar refractivity (Wildman–Crippen MR) is 107 cm³/mol. The van der Waals surface area contributed by atoms with Crippen molar-refractivity contribution in [3.63, 3.8) is 0 Å². The first-order valence-electron chi connectivity index (χ1n) is 8.50. The lowest BCUT2D eigenvalue weighted by Gasteiger charge is -2.14. The lowest BCUT2D eigenvalue weighted by Crippen LogP contribution is -1.93. The molecule has 0 aliphatic rings. The molecule has 4 aromatic rings. The minimum absolute atomic E-state index is 0.314. The van der Waals surface area contributed by atoms with Crippen molar-refractivity contribution in [1.29, 1.82) is 0 Å². The summed E-state index contributed by atoms with van der Waals surface area (Å²) in [5.74, 6) is -4.39. The van der Waals surface area contributed by atoms with Gasteiger partial charge in [-0.2, -0.15) is 0 Å². The number of benzene rings is 4. The van der Waals surface area contributed by atoms with Gasteiger partial charge in [-0.3, -0.25) is 0 Å². The molecule has 0 amide bonds. The molecular formula is C22H17NO5. The second-order valence-electron chi connectivity index (χ2n) is 6.38. The maximum absolute atomic E-state index is 9.93. The van der Waals surface area contributed by atoms with Crippen LogP contribution in [0.15, 0.2) is 66.7 Å². The zero-order valence-electron chi connectivity index (χ0n) is 14.6. The van der Waals surface area contributed by atoms with Crippen LogP contribution in [0.4, 0.5) is 11.4 Å². The summed E-state index contributed by atoms with van der Waals surface area (Å²) in [6, 6.07) is 21.4. The maximum atomic E-state index is 9.93. The van der Waals surface area contributed by atoms with Crippen molar-refractivity contribution in [2.24, 2.45) is 0 Å². The molecule has 0 unspecified atom stereocenters. The van der Waals surface area contributed by atoms with Crippen molar-refractivity contribution in [3.8, 4) is 39.9 Å². The third kappa shape index (κ3) is 2.87. The maximum Gasteiger partial charge on any atom is 0.208 e. The van der Waals surface area contributed by atoms with Gasteiger partial charge in [-0.1, -0.05) is 48.5 Å². The highest BCUT2D eigenvalue weighted by molar-refractivity contribution is 5.88. The molecule has 0 heterocycles. The highest BCUT2D eigenvalue weighted by atomic mass is 16.4. The largest absolute Gasteiger partial charge is 0.503 e. The summed E-state index contributed by atoms with van der Waals surface area (Å²) < 4.78 is 0. The van der Waals surface area contributed by atoms with E-state index in [1.807, 2.05) is 42.5 Å². The quantitative estimate of drug-likeness (QED) is 0.227. The summed E-state index contributed by atoms with van der Waals surface area (Å²) in [5.41, 5.74) is 2.20. The van der Waals surface area contributed by atoms with Gasteiger partial charge < -0.3 is 30.8 Å². The molecule has 6 heteroatoms. The Balaban J connectivity index is 1.65. The van der Waals surface area contributed by atoms with Gasteiger partial charge in [0.25, 0.3) is 0 Å². The van der Waals surface area contributed by atoms with Crippen molar-refractivity contribution >= 4 is 22.1 Å². The average molecular weight is 375 g/mol. The Morgan fingerprint density at radius 3 is 1.68 bits per heavy atom. The fourth-order valence-corrected chi connectivity index (χ4v) is 3.06. The van der Waals surface area contributed by atoms with E-state index in [9.17, 15) is 25.5 Å². The van der Waals surface area contributed by atoms with Crippen molar-refractivity contribution in [3.05, 3.63) is 66.7 Å². The van der Waals surface area contributed by atoms with E-state index in [4.69, 9.17) is 0 Å². The second-order valence-corrected chi connectivity index (χ2v) is 6.38. The van der Waals surface area contributed by atoms with Crippen molar-refractivity contribution < 1.29 is 25.5 Å². The molecule has 0 fully saturated rings. The molecule has 0 radical (unpaired) electrons. The third-order valence-electron chi connectivity index (χ3n) is 4.61. The van der Waals surface area contributed by atoms with E-state index < -0.39 is 28.7 Å². The van der Waals surface area contributed by atoms with Gasteiger partial charge in [-0.05, 0) is 40.1 Å². The second kappa shape index (κ2) is 6.59. The number of rotatable bonds is 3. The summed E-state index contributed by atoms with van der Waals surface area (Å²) in [4.78, 5) is 0. The van der Waals surface area contributed by atoms with Gasteiger partial charge >= 0.3 is 0 Å². The molecule has 0 aromatic heterocycles. The number of fused-ring (bicyclic) bond motifs is 1. The Morgan fingerprint density at radius 2 is 1.04 bits per heavy atom. The highest BCUT2D eigenvalue weighted by Crippen LogP contribution is 2.54. The summed E-state index contributed by atoms with van der Waals surface area (Å²) >= 11 is 0. The minimum atomic E-state index is -0.993. The first-order valence-corrected chi connectivity index (χ1v) is 8.50. The predicted octanol–water partition coefficient (Wildman–Crippen LogP) is 4.78. The zero-order valence-corrected chi connectivity index (χ0v) is 14.6. The Labute approximate surface area is 160 Å². The van der Waals surface area contributed by atoms with Gasteiger partial charge in [-0.15, -0.1) is 0 Å². The topological polar surface area (TPSA) is 113 Å². The molecular weight excluding hydrogens is 358 g/mol. The molecule has 6 nitrogen and oxygen atoms in total. The van der Waals surface area contributed by atoms with Crippen molar-refractivity contribution in [2.45, 2.75) is 0 Å². The molecule has 0 aliphatic carbocycles. The Kier molecular flexibility index (Phi) is 4.08. The fourth-order valence-electron chi connectivity index (χ4n) is 3.06. The lowest BCUT2D eigenvalue weighted by atomic mass is 10.0. The Hall–Kier alpha value is -4.06. The number of phenolic OH excluding ortho intramolecular Hbond substituents is 5. The smallest absolute Gasteiger partial charge is 0.208 e. The molecule has 6 N–H and O–H groups in total. The van der Waals surface area contributed by atoms with E-state index in [0.717, 1.165) is 21.9 Å². The van der Waals surface area contributed by atoms with Crippen molar-refractivity contribution in [1.82, 2.24) is 0 Å². The first kappa shape index (κ1) is 17.4. The summed E-state index contributed by atoms with van der Waals surface area (Å²) in [6.07, 6.45) is 0. The van der Waals surface area contributed by atoms with Crippen LogP contribution in [-0.4, -0.2) is 25.5 Å². The zero-order chi connectivity index (χ0) is 19.8. The fraction of sp³-hybridized carbons (Fsp3) is 0. The molecule has 0 bridgehead atoms. The van der Waals surface area contributed by atoms with E-state index in [1.54, 1.807) is 12.1 Å². The first-order chi connectivity index (χ1) is 13.5. The number of phenols is 5.